The van der Waals surface area contributed by atoms with E-state index in [1.54, 1.807) is 0 Å². The topological polar surface area (TPSA) is 55.1 Å². The van der Waals surface area contributed by atoms with Crippen molar-refractivity contribution in [1.82, 2.24) is 5.32 Å². The minimum atomic E-state index is -0.199. The lowest BCUT2D eigenvalue weighted by atomic mass is 10.0. The van der Waals surface area contributed by atoms with Gasteiger partial charge in [0.25, 0.3) is 0 Å². The van der Waals surface area contributed by atoms with Crippen LogP contribution in [0.4, 0.5) is 0 Å². The van der Waals surface area contributed by atoms with Crippen LogP contribution in [0.25, 0.3) is 0 Å². The van der Waals surface area contributed by atoms with Gasteiger partial charge in [0.2, 0.25) is 5.91 Å². The zero-order valence-corrected chi connectivity index (χ0v) is 10.2. The highest BCUT2D eigenvalue weighted by Gasteiger charge is 2.36. The second-order valence-corrected chi connectivity index (χ2v) is 4.80. The summed E-state index contributed by atoms with van der Waals surface area (Å²) in [5, 5.41) is 3.04. The smallest absolute Gasteiger partial charge is 0.222 e. The molecule has 3 atom stereocenters. The fraction of sp³-hybridized carbons (Fsp3) is 0.500. The average Bonchev–Trinajstić information content (AvgIpc) is 3.08. The molecule has 0 heterocycles. The van der Waals surface area contributed by atoms with E-state index < -0.39 is 0 Å². The quantitative estimate of drug-likeness (QED) is 0.815. The van der Waals surface area contributed by atoms with Crippen molar-refractivity contribution in [2.45, 2.75) is 38.3 Å². The van der Waals surface area contributed by atoms with Crippen LogP contribution in [0.15, 0.2) is 30.3 Å². The Kier molecular flexibility index (Phi) is 3.79. The van der Waals surface area contributed by atoms with Gasteiger partial charge < -0.3 is 11.1 Å². The monoisotopic (exact) mass is 232 g/mol. The van der Waals surface area contributed by atoms with Gasteiger partial charge in [-0.1, -0.05) is 43.7 Å². The molecule has 1 aliphatic rings. The van der Waals surface area contributed by atoms with Crippen molar-refractivity contribution in [3.05, 3.63) is 35.9 Å². The minimum absolute atomic E-state index is 0.0716. The van der Waals surface area contributed by atoms with Gasteiger partial charge in [-0.2, -0.15) is 0 Å². The van der Waals surface area contributed by atoms with E-state index in [9.17, 15) is 4.79 Å². The van der Waals surface area contributed by atoms with Crippen LogP contribution in [0, 0.1) is 5.92 Å². The van der Waals surface area contributed by atoms with Gasteiger partial charge in [0.05, 0.1) is 0 Å². The molecule has 0 bridgehead atoms. The largest absolute Gasteiger partial charge is 0.353 e. The first-order valence-corrected chi connectivity index (χ1v) is 6.30. The second-order valence-electron chi connectivity index (χ2n) is 4.80. The number of nitrogens with two attached hydrogens (primary N) is 1. The molecule has 0 aliphatic heterocycles. The molecular weight excluding hydrogens is 212 g/mol. The maximum absolute atomic E-state index is 11.7. The summed E-state index contributed by atoms with van der Waals surface area (Å²) >= 11 is 0. The van der Waals surface area contributed by atoms with Gasteiger partial charge in [-0.15, -0.1) is 0 Å². The van der Waals surface area contributed by atoms with E-state index in [4.69, 9.17) is 5.73 Å². The maximum Gasteiger partial charge on any atom is 0.222 e. The van der Waals surface area contributed by atoms with E-state index in [1.807, 2.05) is 30.3 Å². The zero-order valence-electron chi connectivity index (χ0n) is 10.2. The molecule has 0 saturated heterocycles. The van der Waals surface area contributed by atoms with Gasteiger partial charge in [-0.3, -0.25) is 4.79 Å². The van der Waals surface area contributed by atoms with E-state index >= 15 is 0 Å². The normalized spacial score (nSPS) is 24.1. The molecule has 0 aromatic heterocycles. The number of hydrogen-bond donors (Lipinski definition) is 2. The van der Waals surface area contributed by atoms with Crippen LogP contribution in [0.5, 0.6) is 0 Å². The highest BCUT2D eigenvalue weighted by molar-refractivity contribution is 5.77. The van der Waals surface area contributed by atoms with Crippen molar-refractivity contribution in [3.8, 4) is 0 Å². The third-order valence-corrected chi connectivity index (χ3v) is 3.43. The average molecular weight is 232 g/mol. The third-order valence-electron chi connectivity index (χ3n) is 3.43. The lowest BCUT2D eigenvalue weighted by Gasteiger charge is -2.11. The van der Waals surface area contributed by atoms with E-state index in [-0.39, 0.29) is 11.9 Å². The van der Waals surface area contributed by atoms with Crippen molar-refractivity contribution in [1.29, 1.82) is 0 Å². The van der Waals surface area contributed by atoms with Crippen LogP contribution in [0.1, 0.15) is 37.8 Å². The molecule has 17 heavy (non-hydrogen) atoms. The summed E-state index contributed by atoms with van der Waals surface area (Å²) in [7, 11) is 0. The van der Waals surface area contributed by atoms with Crippen LogP contribution in [-0.2, 0) is 4.79 Å². The minimum Gasteiger partial charge on any atom is -0.353 e. The van der Waals surface area contributed by atoms with Crippen LogP contribution < -0.4 is 11.1 Å². The molecule has 3 heteroatoms. The summed E-state index contributed by atoms with van der Waals surface area (Å²) in [5.74, 6) is 0.759. The molecule has 92 valence electrons. The number of hydrogen-bond acceptors (Lipinski definition) is 2. The Hall–Kier alpha value is -1.35. The molecular formula is C14H20N2O. The Morgan fingerprint density at radius 3 is 2.76 bits per heavy atom. The number of carbonyl (C=O) groups excluding carboxylic acids is 1. The van der Waals surface area contributed by atoms with Crippen molar-refractivity contribution in [3.63, 3.8) is 0 Å². The molecule has 3 N–H and O–H groups in total. The Morgan fingerprint density at radius 2 is 2.18 bits per heavy atom. The van der Waals surface area contributed by atoms with Gasteiger partial charge in [0.1, 0.15) is 0 Å². The van der Waals surface area contributed by atoms with E-state index in [2.05, 4.69) is 12.2 Å². The highest BCUT2D eigenvalue weighted by atomic mass is 16.1. The number of benzene rings is 1. The Balaban J connectivity index is 1.79. The molecule has 3 unspecified atom stereocenters. The van der Waals surface area contributed by atoms with Crippen LogP contribution in [-0.4, -0.2) is 11.9 Å². The van der Waals surface area contributed by atoms with Crippen LogP contribution >= 0.6 is 0 Å². The molecule has 1 aromatic carbocycles. The molecule has 1 aliphatic carbocycles. The van der Waals surface area contributed by atoms with Crippen LogP contribution in [0.3, 0.4) is 0 Å². The fourth-order valence-corrected chi connectivity index (χ4v) is 2.16. The van der Waals surface area contributed by atoms with Gasteiger partial charge >= 0.3 is 0 Å². The van der Waals surface area contributed by atoms with Crippen molar-refractivity contribution in [2.24, 2.45) is 11.7 Å². The van der Waals surface area contributed by atoms with Gasteiger partial charge in [0, 0.05) is 18.5 Å². The summed E-state index contributed by atoms with van der Waals surface area (Å²) in [6.45, 7) is 2.16. The molecule has 1 amide bonds. The molecule has 1 fully saturated rings. The Morgan fingerprint density at radius 1 is 1.47 bits per heavy atom. The first-order valence-electron chi connectivity index (χ1n) is 6.30. The summed E-state index contributed by atoms with van der Waals surface area (Å²) < 4.78 is 0. The van der Waals surface area contributed by atoms with Gasteiger partial charge in [0.15, 0.2) is 0 Å². The number of rotatable bonds is 5. The van der Waals surface area contributed by atoms with Crippen molar-refractivity contribution >= 4 is 5.91 Å². The number of nitrogens with one attached hydrogen (secondary N) is 1. The molecule has 2 rings (SSSR count). The summed E-state index contributed by atoms with van der Waals surface area (Å²) in [4.78, 5) is 11.7. The van der Waals surface area contributed by atoms with E-state index in [1.165, 1.54) is 0 Å². The van der Waals surface area contributed by atoms with Crippen LogP contribution in [0.2, 0.25) is 0 Å². The predicted molar refractivity (Wildman–Crippen MR) is 68.3 cm³/mol. The SMILES string of the molecule is CCC1CC1NC(=O)CC(N)c1ccccc1. The standard InChI is InChI=1S/C14H20N2O/c1-2-10-8-13(10)16-14(17)9-12(15)11-6-4-3-5-7-11/h3-7,10,12-13H,2,8-9,15H2,1H3,(H,16,17). The lowest BCUT2D eigenvalue weighted by molar-refractivity contribution is -0.121. The molecule has 1 aromatic rings. The summed E-state index contributed by atoms with van der Waals surface area (Å²) in [5.41, 5.74) is 7.02. The predicted octanol–water partition coefficient (Wildman–Crippen LogP) is 1.99. The first kappa shape index (κ1) is 12.1. The maximum atomic E-state index is 11.7. The summed E-state index contributed by atoms with van der Waals surface area (Å²) in [6, 6.07) is 9.97. The molecule has 0 spiro atoms. The Labute approximate surface area is 102 Å². The highest BCUT2D eigenvalue weighted by Crippen LogP contribution is 2.33. The molecule has 0 radical (unpaired) electrons. The van der Waals surface area contributed by atoms with Gasteiger partial charge in [-0.05, 0) is 17.9 Å². The molecule has 3 nitrogen and oxygen atoms in total. The van der Waals surface area contributed by atoms with Gasteiger partial charge in [-0.25, -0.2) is 0 Å². The zero-order chi connectivity index (χ0) is 12.3. The van der Waals surface area contributed by atoms with Crippen molar-refractivity contribution < 1.29 is 4.79 Å². The van der Waals surface area contributed by atoms with Crippen molar-refractivity contribution in [2.75, 3.05) is 0 Å². The number of amides is 1. The number of carbonyl (C=O) groups is 1. The third kappa shape index (κ3) is 3.30. The Bertz CT molecular complexity index is 377. The second kappa shape index (κ2) is 5.32. The molecule has 1 saturated carbocycles. The summed E-state index contributed by atoms with van der Waals surface area (Å²) in [6.07, 6.45) is 2.65. The van der Waals surface area contributed by atoms with E-state index in [0.29, 0.717) is 18.4 Å². The first-order chi connectivity index (χ1) is 8.20. The van der Waals surface area contributed by atoms with E-state index in [0.717, 1.165) is 18.4 Å². The fourth-order valence-electron chi connectivity index (χ4n) is 2.16. The lowest BCUT2D eigenvalue weighted by Crippen LogP contribution is -2.30.